The Hall–Kier alpha value is -3.76. The van der Waals surface area contributed by atoms with Crippen LogP contribution < -0.4 is 11.1 Å². The highest BCUT2D eigenvalue weighted by atomic mass is 32.1. The lowest BCUT2D eigenvalue weighted by molar-refractivity contribution is 0.563. The van der Waals surface area contributed by atoms with Gasteiger partial charge in [-0.1, -0.05) is 36.4 Å². The molecule has 4 aromatic rings. The highest BCUT2D eigenvalue weighted by Gasteiger charge is 2.14. The molecule has 27 heavy (non-hydrogen) atoms. The molecule has 0 atom stereocenters. The first-order valence-electron chi connectivity index (χ1n) is 8.02. The zero-order valence-electron chi connectivity index (χ0n) is 13.9. The molecule has 0 aliphatic heterocycles. The van der Waals surface area contributed by atoms with Crippen LogP contribution in [0.25, 0.3) is 22.2 Å². The molecule has 0 saturated heterocycles. The molecule has 2 heterocycles. The number of thiazole rings is 1. The molecule has 0 aliphatic carbocycles. The zero-order valence-corrected chi connectivity index (χ0v) is 14.7. The summed E-state index contributed by atoms with van der Waals surface area (Å²) in [5.74, 6) is 0. The third kappa shape index (κ3) is 3.47. The van der Waals surface area contributed by atoms with Gasteiger partial charge >= 0.3 is 5.63 Å². The van der Waals surface area contributed by atoms with Crippen LogP contribution in [-0.2, 0) is 0 Å². The van der Waals surface area contributed by atoms with Gasteiger partial charge < -0.3 is 4.42 Å². The summed E-state index contributed by atoms with van der Waals surface area (Å²) < 4.78 is 5.35. The van der Waals surface area contributed by atoms with E-state index in [-0.39, 0.29) is 5.71 Å². The van der Waals surface area contributed by atoms with E-state index < -0.39 is 5.63 Å². The van der Waals surface area contributed by atoms with Crippen molar-refractivity contribution in [2.45, 2.75) is 0 Å². The molecule has 0 amide bonds. The van der Waals surface area contributed by atoms with Gasteiger partial charge in [-0.2, -0.15) is 10.4 Å². The largest absolute Gasteiger partial charge is 0.422 e. The summed E-state index contributed by atoms with van der Waals surface area (Å²) >= 11 is 1.24. The van der Waals surface area contributed by atoms with Crippen molar-refractivity contribution < 1.29 is 4.42 Å². The second-order valence-electron chi connectivity index (χ2n) is 5.57. The van der Waals surface area contributed by atoms with Gasteiger partial charge in [0, 0.05) is 10.8 Å². The summed E-state index contributed by atoms with van der Waals surface area (Å²) in [6.07, 6.45) is 0. The van der Waals surface area contributed by atoms with Crippen molar-refractivity contribution in [1.82, 2.24) is 4.98 Å². The van der Waals surface area contributed by atoms with E-state index >= 15 is 0 Å². The number of rotatable bonds is 4. The Morgan fingerprint density at radius 2 is 1.93 bits per heavy atom. The first-order chi connectivity index (χ1) is 13.2. The quantitative estimate of drug-likeness (QED) is 0.328. The number of para-hydroxylation sites is 2. The lowest BCUT2D eigenvalue weighted by Crippen LogP contribution is -2.04. The number of nitrogens with zero attached hydrogens (tertiary/aromatic N) is 3. The molecule has 7 heteroatoms. The van der Waals surface area contributed by atoms with Crippen LogP contribution in [0, 0.1) is 11.3 Å². The Morgan fingerprint density at radius 3 is 2.74 bits per heavy atom. The molecule has 0 aliphatic rings. The average molecular weight is 372 g/mol. The van der Waals surface area contributed by atoms with Crippen LogP contribution in [0.1, 0.15) is 5.01 Å². The number of hydrogen-bond acceptors (Lipinski definition) is 7. The number of hydrogen-bond donors (Lipinski definition) is 1. The molecule has 1 N–H and O–H groups in total. The SMILES string of the molecule is N#C/C(=N\Nc1ccccc1)c1nc(-c2cc3ccccc3oc2=O)cs1. The molecule has 130 valence electrons. The van der Waals surface area contributed by atoms with Gasteiger partial charge in [-0.15, -0.1) is 11.3 Å². The Balaban J connectivity index is 1.67. The molecule has 2 aromatic heterocycles. The number of nitrogens with one attached hydrogen (secondary N) is 1. The summed E-state index contributed by atoms with van der Waals surface area (Å²) in [5.41, 5.74) is 4.59. The second-order valence-corrected chi connectivity index (χ2v) is 6.43. The van der Waals surface area contributed by atoms with E-state index in [0.29, 0.717) is 21.8 Å². The maximum Gasteiger partial charge on any atom is 0.345 e. The van der Waals surface area contributed by atoms with E-state index in [4.69, 9.17) is 4.42 Å². The molecule has 6 nitrogen and oxygen atoms in total. The van der Waals surface area contributed by atoms with Crippen molar-refractivity contribution >= 4 is 33.7 Å². The Kier molecular flexibility index (Phi) is 4.47. The third-order valence-electron chi connectivity index (χ3n) is 3.80. The summed E-state index contributed by atoms with van der Waals surface area (Å²) in [4.78, 5) is 16.7. The molecule has 0 radical (unpaired) electrons. The average Bonchev–Trinajstić information content (AvgIpc) is 3.18. The van der Waals surface area contributed by atoms with Gasteiger partial charge in [0.1, 0.15) is 11.7 Å². The number of benzene rings is 2. The van der Waals surface area contributed by atoms with Gasteiger partial charge in [0.15, 0.2) is 10.7 Å². The fourth-order valence-corrected chi connectivity index (χ4v) is 3.26. The molecule has 0 fully saturated rings. The standard InChI is InChI=1S/C20H12N4O2S/c21-11-16(24-23-14-7-2-1-3-8-14)19-22-17(12-27-19)15-10-13-6-4-5-9-18(13)26-20(15)25/h1-10,12,23H/b24-16+. The van der Waals surface area contributed by atoms with Crippen LogP contribution in [0.15, 0.2) is 80.4 Å². The normalized spacial score (nSPS) is 11.3. The van der Waals surface area contributed by atoms with Crippen molar-refractivity contribution in [3.63, 3.8) is 0 Å². The van der Waals surface area contributed by atoms with E-state index in [0.717, 1.165) is 11.1 Å². The first-order valence-corrected chi connectivity index (χ1v) is 8.90. The summed E-state index contributed by atoms with van der Waals surface area (Å²) in [5, 5.41) is 16.5. The van der Waals surface area contributed by atoms with Crippen molar-refractivity contribution in [2.24, 2.45) is 5.10 Å². The molecule has 0 spiro atoms. The fourth-order valence-electron chi connectivity index (χ4n) is 2.50. The van der Waals surface area contributed by atoms with E-state index in [2.05, 4.69) is 15.5 Å². The van der Waals surface area contributed by atoms with E-state index in [1.165, 1.54) is 11.3 Å². The van der Waals surface area contributed by atoms with E-state index in [1.54, 1.807) is 23.6 Å². The Bertz CT molecular complexity index is 1240. The third-order valence-corrected chi connectivity index (χ3v) is 4.65. The number of fused-ring (bicyclic) bond motifs is 1. The maximum atomic E-state index is 12.3. The molecule has 4 rings (SSSR count). The van der Waals surface area contributed by atoms with Crippen LogP contribution in [0.5, 0.6) is 0 Å². The Morgan fingerprint density at radius 1 is 1.15 bits per heavy atom. The predicted molar refractivity (Wildman–Crippen MR) is 106 cm³/mol. The van der Waals surface area contributed by atoms with Crippen LogP contribution in [0.2, 0.25) is 0 Å². The van der Waals surface area contributed by atoms with Crippen molar-refractivity contribution in [3.8, 4) is 17.3 Å². The smallest absolute Gasteiger partial charge is 0.345 e. The van der Waals surface area contributed by atoms with Crippen LogP contribution in [-0.4, -0.2) is 10.7 Å². The van der Waals surface area contributed by atoms with Gasteiger partial charge in [-0.25, -0.2) is 9.78 Å². The van der Waals surface area contributed by atoms with Crippen molar-refractivity contribution in [3.05, 3.63) is 81.5 Å². The van der Waals surface area contributed by atoms with Gasteiger partial charge in [-0.05, 0) is 24.3 Å². The number of anilines is 1. The number of aromatic nitrogens is 1. The highest BCUT2D eigenvalue weighted by Crippen LogP contribution is 2.23. The zero-order chi connectivity index (χ0) is 18.6. The molecule has 0 unspecified atom stereocenters. The topological polar surface area (TPSA) is 91.3 Å². The highest BCUT2D eigenvalue weighted by molar-refractivity contribution is 7.12. The minimum atomic E-state index is -0.469. The van der Waals surface area contributed by atoms with Gasteiger partial charge in [-0.3, -0.25) is 5.43 Å². The van der Waals surface area contributed by atoms with Crippen LogP contribution in [0.4, 0.5) is 5.69 Å². The summed E-state index contributed by atoms with van der Waals surface area (Å²) in [6, 6.07) is 20.4. The molecule has 0 saturated carbocycles. The number of hydrazone groups is 1. The van der Waals surface area contributed by atoms with Crippen molar-refractivity contribution in [1.29, 1.82) is 5.26 Å². The summed E-state index contributed by atoms with van der Waals surface area (Å²) in [6.45, 7) is 0. The van der Waals surface area contributed by atoms with Crippen LogP contribution in [0.3, 0.4) is 0 Å². The van der Waals surface area contributed by atoms with Crippen molar-refractivity contribution in [2.75, 3.05) is 5.43 Å². The summed E-state index contributed by atoms with van der Waals surface area (Å²) in [7, 11) is 0. The number of nitriles is 1. The van der Waals surface area contributed by atoms with Gasteiger partial charge in [0.05, 0.1) is 16.9 Å². The minimum Gasteiger partial charge on any atom is -0.422 e. The van der Waals surface area contributed by atoms with Gasteiger partial charge in [0.25, 0.3) is 0 Å². The van der Waals surface area contributed by atoms with Crippen LogP contribution >= 0.6 is 11.3 Å². The fraction of sp³-hybridized carbons (Fsp3) is 0. The molecular weight excluding hydrogens is 360 g/mol. The predicted octanol–water partition coefficient (Wildman–Crippen LogP) is 4.26. The maximum absolute atomic E-state index is 12.3. The Labute approximate surface area is 158 Å². The molecular formula is C20H12N4O2S. The second kappa shape index (κ2) is 7.23. The first kappa shape index (κ1) is 16.7. The monoisotopic (exact) mass is 372 g/mol. The molecule has 2 aromatic carbocycles. The van der Waals surface area contributed by atoms with E-state index in [1.807, 2.05) is 48.5 Å². The van der Waals surface area contributed by atoms with E-state index in [9.17, 15) is 10.1 Å². The minimum absolute atomic E-state index is 0.139. The molecule has 0 bridgehead atoms. The lowest BCUT2D eigenvalue weighted by atomic mass is 10.1. The van der Waals surface area contributed by atoms with Gasteiger partial charge in [0.2, 0.25) is 0 Å². The lowest BCUT2D eigenvalue weighted by Gasteiger charge is -2.00.